The highest BCUT2D eigenvalue weighted by atomic mass is 32.1. The molecule has 2 aromatic heterocycles. The van der Waals surface area contributed by atoms with Gasteiger partial charge in [0.25, 0.3) is 0 Å². The molecule has 2 aromatic rings. The average Bonchev–Trinajstić information content (AvgIpc) is 2.79. The fourth-order valence-electron chi connectivity index (χ4n) is 1.38. The van der Waals surface area contributed by atoms with Gasteiger partial charge in [-0.3, -0.25) is 0 Å². The van der Waals surface area contributed by atoms with E-state index in [0.29, 0.717) is 0 Å². The van der Waals surface area contributed by atoms with Crippen LogP contribution in [0.5, 0.6) is 0 Å². The molecule has 1 N–H and O–H groups in total. The van der Waals surface area contributed by atoms with Gasteiger partial charge in [0.2, 0.25) is 0 Å². The van der Waals surface area contributed by atoms with Crippen LogP contribution in [0.1, 0.15) is 22.3 Å². The predicted molar refractivity (Wildman–Crippen MR) is 62.1 cm³/mol. The summed E-state index contributed by atoms with van der Waals surface area (Å²) in [6.45, 7) is 2.03. The van der Waals surface area contributed by atoms with Crippen molar-refractivity contribution in [1.29, 1.82) is 0 Å². The predicted octanol–water partition coefficient (Wildman–Crippen LogP) is 2.82. The minimum Gasteiger partial charge on any atom is -0.307 e. The Bertz CT molecular complexity index is 392. The summed E-state index contributed by atoms with van der Waals surface area (Å²) in [4.78, 5) is 4.50. The van der Waals surface area contributed by atoms with E-state index in [9.17, 15) is 0 Å². The second-order valence-electron chi connectivity index (χ2n) is 3.11. The zero-order chi connectivity index (χ0) is 9.97. The van der Waals surface area contributed by atoms with Crippen molar-refractivity contribution in [3.05, 3.63) is 38.5 Å². The van der Waals surface area contributed by atoms with Crippen molar-refractivity contribution < 1.29 is 0 Å². The lowest BCUT2D eigenvalue weighted by atomic mass is 10.2. The van der Waals surface area contributed by atoms with Crippen LogP contribution in [0.15, 0.2) is 22.2 Å². The highest BCUT2D eigenvalue weighted by Crippen LogP contribution is 2.25. The van der Waals surface area contributed by atoms with Crippen LogP contribution >= 0.6 is 22.7 Å². The first kappa shape index (κ1) is 9.83. The first-order chi connectivity index (χ1) is 6.81. The van der Waals surface area contributed by atoms with Crippen molar-refractivity contribution in [3.63, 3.8) is 0 Å². The summed E-state index contributed by atoms with van der Waals surface area (Å²) >= 11 is 3.43. The Balaban J connectivity index is 2.31. The standard InChI is InChI=1S/C10H12N2S2/c1-7-5-14-10(12-7)9(11-2)8-3-4-13-6-8/h3-6,9,11H,1-2H3. The van der Waals surface area contributed by atoms with E-state index in [4.69, 9.17) is 0 Å². The van der Waals surface area contributed by atoms with Crippen molar-refractivity contribution in [2.24, 2.45) is 0 Å². The van der Waals surface area contributed by atoms with Crippen LogP contribution in [0.2, 0.25) is 0 Å². The Morgan fingerprint density at radius 1 is 1.43 bits per heavy atom. The third-order valence-electron chi connectivity index (χ3n) is 2.05. The van der Waals surface area contributed by atoms with Crippen molar-refractivity contribution in [2.45, 2.75) is 13.0 Å². The molecule has 0 saturated heterocycles. The average molecular weight is 224 g/mol. The Labute approximate surface area is 91.6 Å². The maximum Gasteiger partial charge on any atom is 0.114 e. The van der Waals surface area contributed by atoms with Crippen LogP contribution in [-0.2, 0) is 0 Å². The molecule has 2 rings (SSSR count). The van der Waals surface area contributed by atoms with E-state index in [2.05, 4.69) is 32.5 Å². The van der Waals surface area contributed by atoms with Gasteiger partial charge in [0.1, 0.15) is 5.01 Å². The first-order valence-corrected chi connectivity index (χ1v) is 6.25. The molecule has 0 radical (unpaired) electrons. The van der Waals surface area contributed by atoms with Gasteiger partial charge in [0.15, 0.2) is 0 Å². The lowest BCUT2D eigenvalue weighted by molar-refractivity contribution is 0.687. The Morgan fingerprint density at radius 3 is 2.79 bits per heavy atom. The lowest BCUT2D eigenvalue weighted by Gasteiger charge is -2.11. The Kier molecular flexibility index (Phi) is 2.96. The van der Waals surface area contributed by atoms with Crippen LogP contribution in [0.4, 0.5) is 0 Å². The molecule has 4 heteroatoms. The zero-order valence-electron chi connectivity index (χ0n) is 8.15. The molecule has 2 heterocycles. The number of nitrogens with zero attached hydrogens (tertiary/aromatic N) is 1. The summed E-state index contributed by atoms with van der Waals surface area (Å²) in [6, 6.07) is 2.39. The molecule has 1 atom stereocenters. The zero-order valence-corrected chi connectivity index (χ0v) is 9.78. The third-order valence-corrected chi connectivity index (χ3v) is 3.78. The van der Waals surface area contributed by atoms with Gasteiger partial charge in [-0.25, -0.2) is 4.98 Å². The number of hydrogen-bond donors (Lipinski definition) is 1. The third kappa shape index (κ3) is 1.87. The molecule has 2 nitrogen and oxygen atoms in total. The highest BCUT2D eigenvalue weighted by molar-refractivity contribution is 7.10. The number of thiazole rings is 1. The summed E-state index contributed by atoms with van der Waals surface area (Å²) < 4.78 is 0. The van der Waals surface area contributed by atoms with Crippen LogP contribution in [0.3, 0.4) is 0 Å². The summed E-state index contributed by atoms with van der Waals surface area (Å²) in [5, 5.41) is 10.8. The van der Waals surface area contributed by atoms with E-state index in [1.165, 1.54) is 5.56 Å². The maximum atomic E-state index is 4.50. The first-order valence-electron chi connectivity index (χ1n) is 4.42. The summed E-state index contributed by atoms with van der Waals surface area (Å²) in [7, 11) is 1.97. The molecule has 0 amide bonds. The number of nitrogens with one attached hydrogen (secondary N) is 1. The number of aromatic nitrogens is 1. The molecule has 0 spiro atoms. The van der Waals surface area contributed by atoms with Gasteiger partial charge >= 0.3 is 0 Å². The number of hydrogen-bond acceptors (Lipinski definition) is 4. The van der Waals surface area contributed by atoms with Crippen LogP contribution in [0.25, 0.3) is 0 Å². The lowest BCUT2D eigenvalue weighted by Crippen LogP contribution is -2.16. The van der Waals surface area contributed by atoms with Gasteiger partial charge in [0.05, 0.1) is 6.04 Å². The molecule has 0 aliphatic heterocycles. The summed E-state index contributed by atoms with van der Waals surface area (Å²) in [5.74, 6) is 0. The van der Waals surface area contributed by atoms with Gasteiger partial charge in [-0.2, -0.15) is 11.3 Å². The van der Waals surface area contributed by atoms with E-state index in [0.717, 1.165) is 10.7 Å². The van der Waals surface area contributed by atoms with Crippen LogP contribution in [-0.4, -0.2) is 12.0 Å². The molecule has 0 aromatic carbocycles. The number of thiophene rings is 1. The quantitative estimate of drug-likeness (QED) is 0.867. The minimum absolute atomic E-state index is 0.250. The van der Waals surface area contributed by atoms with Gasteiger partial charge in [-0.15, -0.1) is 11.3 Å². The number of aryl methyl sites for hydroxylation is 1. The van der Waals surface area contributed by atoms with E-state index < -0.39 is 0 Å². The molecule has 74 valence electrons. The highest BCUT2D eigenvalue weighted by Gasteiger charge is 2.15. The Morgan fingerprint density at radius 2 is 2.29 bits per heavy atom. The van der Waals surface area contributed by atoms with Gasteiger partial charge in [0, 0.05) is 11.1 Å². The second-order valence-corrected chi connectivity index (χ2v) is 4.78. The maximum absolute atomic E-state index is 4.50. The van der Waals surface area contributed by atoms with Gasteiger partial charge in [-0.05, 0) is 36.4 Å². The molecule has 14 heavy (non-hydrogen) atoms. The topological polar surface area (TPSA) is 24.9 Å². The molecule has 0 saturated carbocycles. The summed E-state index contributed by atoms with van der Waals surface area (Å²) in [6.07, 6.45) is 0. The molecular weight excluding hydrogens is 212 g/mol. The largest absolute Gasteiger partial charge is 0.307 e. The van der Waals surface area contributed by atoms with Crippen molar-refractivity contribution in [2.75, 3.05) is 7.05 Å². The second kappa shape index (κ2) is 4.21. The fraction of sp³-hybridized carbons (Fsp3) is 0.300. The van der Waals surface area contributed by atoms with E-state index in [-0.39, 0.29) is 6.04 Å². The number of rotatable bonds is 3. The van der Waals surface area contributed by atoms with Crippen molar-refractivity contribution in [1.82, 2.24) is 10.3 Å². The van der Waals surface area contributed by atoms with E-state index >= 15 is 0 Å². The smallest absolute Gasteiger partial charge is 0.114 e. The molecule has 0 aliphatic rings. The fourth-order valence-corrected chi connectivity index (χ4v) is 2.99. The SMILES string of the molecule is CNC(c1ccsc1)c1nc(C)cs1. The van der Waals surface area contributed by atoms with Crippen molar-refractivity contribution in [3.8, 4) is 0 Å². The minimum atomic E-state index is 0.250. The van der Waals surface area contributed by atoms with Gasteiger partial charge < -0.3 is 5.32 Å². The molecular formula is C10H12N2S2. The molecule has 0 bridgehead atoms. The van der Waals surface area contributed by atoms with E-state index in [1.807, 2.05) is 14.0 Å². The molecule has 1 unspecified atom stereocenters. The van der Waals surface area contributed by atoms with Crippen molar-refractivity contribution >= 4 is 22.7 Å². The molecule has 0 fully saturated rings. The van der Waals surface area contributed by atoms with Gasteiger partial charge in [-0.1, -0.05) is 0 Å². The normalized spacial score (nSPS) is 13.0. The van der Waals surface area contributed by atoms with Crippen LogP contribution in [0, 0.1) is 6.92 Å². The summed E-state index contributed by atoms with van der Waals surface area (Å²) in [5.41, 5.74) is 2.40. The van der Waals surface area contributed by atoms with E-state index in [1.54, 1.807) is 22.7 Å². The monoisotopic (exact) mass is 224 g/mol. The molecule has 0 aliphatic carbocycles. The Hall–Kier alpha value is -0.710. The van der Waals surface area contributed by atoms with Crippen LogP contribution < -0.4 is 5.32 Å².